The Morgan fingerprint density at radius 2 is 0.602 bits per heavy atom. The highest BCUT2D eigenvalue weighted by Gasteiger charge is 2.18. The second-order valence-corrected chi connectivity index (χ2v) is 25.6. The number of hydrogen-bond acceptors (Lipinski definition) is 5. The van der Waals surface area contributed by atoms with E-state index in [4.69, 9.17) is 4.74 Å². The van der Waals surface area contributed by atoms with Crippen LogP contribution in [0.4, 0.5) is 0 Å². The Morgan fingerprint density at radius 3 is 0.940 bits per heavy atom. The van der Waals surface area contributed by atoms with E-state index in [1.165, 1.54) is 327 Å². The van der Waals surface area contributed by atoms with Crippen LogP contribution in [0.1, 0.15) is 406 Å². The summed E-state index contributed by atoms with van der Waals surface area (Å²) in [4.78, 5) is 24.6. The molecule has 0 aromatic rings. The number of carbonyl (C=O) groups is 2. The van der Waals surface area contributed by atoms with Crippen LogP contribution in [0, 0.1) is 0 Å². The summed E-state index contributed by atoms with van der Waals surface area (Å²) in [6.07, 6.45) is 94.8. The van der Waals surface area contributed by atoms with Crippen LogP contribution < -0.4 is 5.32 Å². The van der Waals surface area contributed by atoms with Crippen LogP contribution in [0.2, 0.25) is 0 Å². The van der Waals surface area contributed by atoms with E-state index < -0.39 is 12.1 Å². The minimum absolute atomic E-state index is 0.00613. The lowest BCUT2D eigenvalue weighted by molar-refractivity contribution is -0.143. The molecule has 1 amide bonds. The molecule has 0 aromatic carbocycles. The van der Waals surface area contributed by atoms with Crippen molar-refractivity contribution >= 4 is 11.9 Å². The van der Waals surface area contributed by atoms with Crippen molar-refractivity contribution in [2.45, 2.75) is 418 Å². The van der Waals surface area contributed by atoms with Gasteiger partial charge in [0.2, 0.25) is 5.91 Å². The molecule has 6 heteroatoms. The predicted molar refractivity (Wildman–Crippen MR) is 366 cm³/mol. The number of carbonyl (C=O) groups excluding carboxylic acids is 2. The Balaban J connectivity index is 3.42. The van der Waals surface area contributed by atoms with Crippen LogP contribution in [0.25, 0.3) is 0 Å². The molecular weight excluding hydrogens is 1020 g/mol. The van der Waals surface area contributed by atoms with Crippen LogP contribution in [0.5, 0.6) is 0 Å². The average Bonchev–Trinajstić information content (AvgIpc) is 3.49. The number of hydrogen-bond donors (Lipinski definition) is 3. The first-order valence-electron chi connectivity index (χ1n) is 37.4. The number of nitrogens with one attached hydrogen (secondary N) is 1. The van der Waals surface area contributed by atoms with Gasteiger partial charge in [-0.25, -0.2) is 0 Å². The fourth-order valence-electron chi connectivity index (χ4n) is 11.6. The van der Waals surface area contributed by atoms with E-state index in [2.05, 4.69) is 55.6 Å². The van der Waals surface area contributed by atoms with Gasteiger partial charge in [0.1, 0.15) is 0 Å². The summed E-state index contributed by atoms with van der Waals surface area (Å²) < 4.78 is 5.50. The fourth-order valence-corrected chi connectivity index (χ4v) is 11.6. The molecule has 0 aliphatic carbocycles. The van der Waals surface area contributed by atoms with Crippen LogP contribution >= 0.6 is 0 Å². The van der Waals surface area contributed by atoms with Gasteiger partial charge in [0, 0.05) is 12.8 Å². The number of aliphatic hydroxyl groups excluding tert-OH is 2. The Bertz CT molecular complexity index is 1390. The van der Waals surface area contributed by atoms with Gasteiger partial charge in [-0.3, -0.25) is 9.59 Å². The van der Waals surface area contributed by atoms with Gasteiger partial charge in [-0.05, 0) is 89.9 Å². The summed E-state index contributed by atoms with van der Waals surface area (Å²) in [5, 5.41) is 23.3. The molecule has 0 spiro atoms. The average molecular weight is 1170 g/mol. The third-order valence-electron chi connectivity index (χ3n) is 17.3. The predicted octanol–water partition coefficient (Wildman–Crippen LogP) is 24.4. The maximum atomic E-state index is 12.5. The summed E-state index contributed by atoms with van der Waals surface area (Å²) in [5.74, 6) is -0.0613. The maximum absolute atomic E-state index is 12.5. The molecule has 0 rings (SSSR count). The van der Waals surface area contributed by atoms with Crippen molar-refractivity contribution in [1.29, 1.82) is 0 Å². The molecule has 0 aliphatic heterocycles. The molecule has 0 bridgehead atoms. The first-order chi connectivity index (χ1) is 41.0. The van der Waals surface area contributed by atoms with Crippen LogP contribution in [-0.2, 0) is 14.3 Å². The van der Waals surface area contributed by atoms with Gasteiger partial charge in [-0.15, -0.1) is 0 Å². The quantitative estimate of drug-likeness (QED) is 0.0320. The van der Waals surface area contributed by atoms with Crippen molar-refractivity contribution in [3.8, 4) is 0 Å². The first-order valence-corrected chi connectivity index (χ1v) is 37.4. The van der Waals surface area contributed by atoms with E-state index in [0.717, 1.165) is 51.4 Å². The van der Waals surface area contributed by atoms with E-state index >= 15 is 0 Å². The minimum atomic E-state index is -0.849. The highest BCUT2D eigenvalue weighted by molar-refractivity contribution is 5.76. The van der Waals surface area contributed by atoms with Gasteiger partial charge in [-0.2, -0.15) is 0 Å². The summed E-state index contributed by atoms with van der Waals surface area (Å²) in [5.41, 5.74) is 0. The van der Waals surface area contributed by atoms with Crippen molar-refractivity contribution in [1.82, 2.24) is 5.32 Å². The van der Waals surface area contributed by atoms with Crippen LogP contribution in [-0.4, -0.2) is 47.4 Å². The standard InChI is InChI=1S/C77H145NO5/c1-3-5-7-9-11-13-15-17-19-21-23-24-28-31-34-37-41-45-49-53-57-61-65-69-75(80)74(73-79)78-76(81)70-66-62-58-54-50-46-42-38-35-32-29-26-25-27-30-33-36-40-44-48-52-56-60-64-68-72-83-77(82)71-67-63-59-55-51-47-43-39-22-20-18-16-14-12-10-8-6-4-2/h14,16,20,22,26,29,65,69,74-75,79-80H,3-13,15,17-19,21,23-25,27-28,30-64,66-68,70-73H2,1-2H3,(H,78,81)/b16-14-,22-20-,29-26-,69-65+. The van der Waals surface area contributed by atoms with Crippen LogP contribution in [0.3, 0.4) is 0 Å². The zero-order valence-corrected chi connectivity index (χ0v) is 55.9. The van der Waals surface area contributed by atoms with Crippen molar-refractivity contribution in [3.05, 3.63) is 48.6 Å². The SMILES string of the molecule is CCCCCC/C=C\C/C=C\CCCCCCCCCC(=O)OCCCCCCCCCCCCCC/C=C\CCCCCCCCCCCC(=O)NC(CO)C(O)/C=C/CCCCCCCCCCCCCCCCCCCCCCC. The molecule has 0 aromatic heterocycles. The largest absolute Gasteiger partial charge is 0.466 e. The first kappa shape index (κ1) is 80.8. The number of unbranched alkanes of at least 4 members (excludes halogenated alkanes) is 53. The second kappa shape index (κ2) is 72.3. The molecule has 2 unspecified atom stereocenters. The number of aliphatic hydroxyl groups is 2. The maximum Gasteiger partial charge on any atom is 0.305 e. The van der Waals surface area contributed by atoms with E-state index in [-0.39, 0.29) is 18.5 Å². The zero-order chi connectivity index (χ0) is 59.9. The molecular formula is C77H145NO5. The number of esters is 1. The molecule has 2 atom stereocenters. The monoisotopic (exact) mass is 1160 g/mol. The lowest BCUT2D eigenvalue weighted by Crippen LogP contribution is -2.45. The Labute approximate surface area is 518 Å². The molecule has 0 saturated carbocycles. The minimum Gasteiger partial charge on any atom is -0.466 e. The number of amides is 1. The number of allylic oxidation sites excluding steroid dienone is 7. The Hall–Kier alpha value is -2.18. The summed E-state index contributed by atoms with van der Waals surface area (Å²) >= 11 is 0. The highest BCUT2D eigenvalue weighted by atomic mass is 16.5. The van der Waals surface area contributed by atoms with Gasteiger partial charge >= 0.3 is 5.97 Å². The molecule has 3 N–H and O–H groups in total. The van der Waals surface area contributed by atoms with Crippen molar-refractivity contribution in [2.75, 3.05) is 13.2 Å². The van der Waals surface area contributed by atoms with E-state index in [1.807, 2.05) is 6.08 Å². The lowest BCUT2D eigenvalue weighted by Gasteiger charge is -2.20. The van der Waals surface area contributed by atoms with Gasteiger partial charge in [0.25, 0.3) is 0 Å². The molecule has 0 saturated heterocycles. The summed E-state index contributed by atoms with van der Waals surface area (Å²) in [6.45, 7) is 4.92. The molecule has 0 fully saturated rings. The Morgan fingerprint density at radius 1 is 0.337 bits per heavy atom. The second-order valence-electron chi connectivity index (χ2n) is 25.6. The highest BCUT2D eigenvalue weighted by Crippen LogP contribution is 2.19. The van der Waals surface area contributed by atoms with Crippen molar-refractivity contribution in [3.63, 3.8) is 0 Å². The molecule has 488 valence electrons. The third-order valence-corrected chi connectivity index (χ3v) is 17.3. The topological polar surface area (TPSA) is 95.9 Å². The smallest absolute Gasteiger partial charge is 0.305 e. The third kappa shape index (κ3) is 68.8. The fraction of sp³-hybridized carbons (Fsp3) is 0.870. The molecule has 83 heavy (non-hydrogen) atoms. The lowest BCUT2D eigenvalue weighted by atomic mass is 10.0. The van der Waals surface area contributed by atoms with Crippen molar-refractivity contribution in [2.24, 2.45) is 0 Å². The zero-order valence-electron chi connectivity index (χ0n) is 55.9. The summed E-state index contributed by atoms with van der Waals surface area (Å²) in [7, 11) is 0. The van der Waals surface area contributed by atoms with Gasteiger partial charge in [0.05, 0.1) is 25.4 Å². The van der Waals surface area contributed by atoms with Gasteiger partial charge < -0.3 is 20.3 Å². The molecule has 0 radical (unpaired) electrons. The molecule has 0 aliphatic rings. The number of rotatable bonds is 70. The normalized spacial score (nSPS) is 12.8. The van der Waals surface area contributed by atoms with Crippen LogP contribution in [0.15, 0.2) is 48.6 Å². The number of ether oxygens (including phenoxy) is 1. The van der Waals surface area contributed by atoms with Gasteiger partial charge in [0.15, 0.2) is 0 Å². The Kier molecular flexibility index (Phi) is 70.4. The van der Waals surface area contributed by atoms with E-state index in [0.29, 0.717) is 19.4 Å². The van der Waals surface area contributed by atoms with E-state index in [9.17, 15) is 19.8 Å². The molecule has 6 nitrogen and oxygen atoms in total. The van der Waals surface area contributed by atoms with Gasteiger partial charge in [-0.1, -0.05) is 351 Å². The summed E-state index contributed by atoms with van der Waals surface area (Å²) in [6, 6.07) is -0.632. The van der Waals surface area contributed by atoms with Crippen molar-refractivity contribution < 1.29 is 24.5 Å². The molecule has 0 heterocycles. The van der Waals surface area contributed by atoms with E-state index in [1.54, 1.807) is 6.08 Å².